The molecule has 0 saturated heterocycles. The van der Waals surface area contributed by atoms with Crippen molar-refractivity contribution in [1.82, 2.24) is 5.32 Å². The lowest BCUT2D eigenvalue weighted by molar-refractivity contribution is -0.387. The summed E-state index contributed by atoms with van der Waals surface area (Å²) in [6.07, 6.45) is 4.77. The molecule has 2 saturated carbocycles. The number of nitro groups is 1. The molecule has 1 amide bonds. The molecule has 106 valence electrons. The molecular formula is C14H15FN2O3. The molecule has 2 aliphatic carbocycles. The number of amides is 1. The number of carbonyl (C=O) groups excluding carboxylic acids is 1. The van der Waals surface area contributed by atoms with Crippen molar-refractivity contribution in [3.63, 3.8) is 0 Å². The van der Waals surface area contributed by atoms with Crippen LogP contribution in [-0.2, 0) is 0 Å². The van der Waals surface area contributed by atoms with Gasteiger partial charge in [-0.2, -0.15) is 4.39 Å². The maximum absolute atomic E-state index is 13.5. The first-order chi connectivity index (χ1) is 9.52. The number of nitrogens with zero attached hydrogens (tertiary/aromatic N) is 1. The number of carbonyl (C=O) groups is 1. The van der Waals surface area contributed by atoms with Crippen LogP contribution in [0, 0.1) is 27.3 Å². The maximum Gasteiger partial charge on any atom is 0.304 e. The van der Waals surface area contributed by atoms with E-state index in [1.807, 2.05) is 0 Å². The molecule has 1 N–H and O–H groups in total. The Labute approximate surface area is 115 Å². The SMILES string of the molecule is O=C(NCC1(C2CC2)CC1)c1ccc([N+](=O)[O-])c(F)c1. The van der Waals surface area contributed by atoms with E-state index in [0.29, 0.717) is 6.54 Å². The molecule has 0 radical (unpaired) electrons. The molecule has 0 heterocycles. The van der Waals surface area contributed by atoms with Gasteiger partial charge in [0.1, 0.15) is 0 Å². The van der Waals surface area contributed by atoms with Crippen molar-refractivity contribution >= 4 is 11.6 Å². The average molecular weight is 278 g/mol. The number of nitrogens with one attached hydrogen (secondary N) is 1. The second-order valence-electron chi connectivity index (χ2n) is 5.74. The Kier molecular flexibility index (Phi) is 2.96. The summed E-state index contributed by atoms with van der Waals surface area (Å²) in [5.41, 5.74) is -0.215. The van der Waals surface area contributed by atoms with Crippen LogP contribution in [0.2, 0.25) is 0 Å². The Morgan fingerprint density at radius 1 is 1.45 bits per heavy atom. The summed E-state index contributed by atoms with van der Waals surface area (Å²) >= 11 is 0. The Balaban J connectivity index is 1.65. The first-order valence-electron chi connectivity index (χ1n) is 6.74. The fourth-order valence-corrected chi connectivity index (χ4v) is 2.74. The Hall–Kier alpha value is -1.98. The second-order valence-corrected chi connectivity index (χ2v) is 5.74. The first kappa shape index (κ1) is 13.0. The minimum atomic E-state index is -0.981. The van der Waals surface area contributed by atoms with Crippen LogP contribution in [0.3, 0.4) is 0 Å². The summed E-state index contributed by atoms with van der Waals surface area (Å²) in [5, 5.41) is 13.3. The van der Waals surface area contributed by atoms with Gasteiger partial charge in [0.2, 0.25) is 5.82 Å². The normalized spacial score (nSPS) is 19.4. The summed E-state index contributed by atoms with van der Waals surface area (Å²) in [5.74, 6) is -0.618. The zero-order chi connectivity index (χ0) is 14.3. The van der Waals surface area contributed by atoms with Crippen molar-refractivity contribution in [3.8, 4) is 0 Å². The minimum absolute atomic E-state index is 0.125. The predicted molar refractivity (Wildman–Crippen MR) is 69.8 cm³/mol. The third kappa shape index (κ3) is 2.37. The highest BCUT2D eigenvalue weighted by atomic mass is 19.1. The standard InChI is InChI=1S/C14H15FN2O3/c15-11-7-9(1-4-12(11)17(19)20)13(18)16-8-14(5-6-14)10-2-3-10/h1,4,7,10H,2-3,5-6,8H2,(H,16,18). The highest BCUT2D eigenvalue weighted by Crippen LogP contribution is 2.60. The molecule has 0 aliphatic heterocycles. The molecule has 3 rings (SSSR count). The van der Waals surface area contributed by atoms with E-state index in [9.17, 15) is 19.3 Å². The largest absolute Gasteiger partial charge is 0.351 e. The van der Waals surface area contributed by atoms with Crippen molar-refractivity contribution < 1.29 is 14.1 Å². The van der Waals surface area contributed by atoms with E-state index in [4.69, 9.17) is 0 Å². The first-order valence-corrected chi connectivity index (χ1v) is 6.74. The van der Waals surface area contributed by atoms with Crippen LogP contribution in [0.5, 0.6) is 0 Å². The number of benzene rings is 1. The molecule has 20 heavy (non-hydrogen) atoms. The molecule has 1 aromatic rings. The van der Waals surface area contributed by atoms with Crippen LogP contribution in [0.1, 0.15) is 36.0 Å². The zero-order valence-electron chi connectivity index (χ0n) is 10.9. The Morgan fingerprint density at radius 3 is 2.65 bits per heavy atom. The molecule has 0 atom stereocenters. The Bertz CT molecular complexity index is 580. The topological polar surface area (TPSA) is 72.2 Å². The molecule has 0 bridgehead atoms. The number of halogens is 1. The van der Waals surface area contributed by atoms with Crippen molar-refractivity contribution in [2.24, 2.45) is 11.3 Å². The average Bonchev–Trinajstić information content (AvgIpc) is 3.27. The van der Waals surface area contributed by atoms with Crippen LogP contribution in [0.15, 0.2) is 18.2 Å². The smallest absolute Gasteiger partial charge is 0.304 e. The van der Waals surface area contributed by atoms with E-state index in [0.717, 1.165) is 30.9 Å². The van der Waals surface area contributed by atoms with Gasteiger partial charge in [0, 0.05) is 18.2 Å². The van der Waals surface area contributed by atoms with Gasteiger partial charge in [-0.05, 0) is 49.1 Å². The molecule has 0 unspecified atom stereocenters. The van der Waals surface area contributed by atoms with Crippen molar-refractivity contribution in [2.45, 2.75) is 25.7 Å². The second kappa shape index (κ2) is 4.54. The van der Waals surface area contributed by atoms with Crippen LogP contribution in [0.25, 0.3) is 0 Å². The summed E-state index contributed by atoms with van der Waals surface area (Å²) in [6, 6.07) is 3.23. The molecule has 2 aliphatic rings. The molecule has 0 spiro atoms. The van der Waals surface area contributed by atoms with E-state index in [1.54, 1.807) is 0 Å². The van der Waals surface area contributed by atoms with Gasteiger partial charge in [-0.1, -0.05) is 0 Å². The summed E-state index contributed by atoms with van der Waals surface area (Å²) in [6.45, 7) is 0.620. The number of rotatable bonds is 5. The van der Waals surface area contributed by atoms with Crippen molar-refractivity contribution in [2.75, 3.05) is 6.54 Å². The third-order valence-corrected chi connectivity index (χ3v) is 4.34. The number of nitro benzene ring substituents is 1. The van der Waals surface area contributed by atoms with Gasteiger partial charge in [0.15, 0.2) is 0 Å². The van der Waals surface area contributed by atoms with Gasteiger partial charge < -0.3 is 5.32 Å². The Morgan fingerprint density at radius 2 is 2.15 bits per heavy atom. The van der Waals surface area contributed by atoms with E-state index in [2.05, 4.69) is 5.32 Å². The monoisotopic (exact) mass is 278 g/mol. The van der Waals surface area contributed by atoms with Crippen LogP contribution < -0.4 is 5.32 Å². The molecule has 2 fully saturated rings. The van der Waals surface area contributed by atoms with Gasteiger partial charge in [0.05, 0.1) is 4.92 Å². The van der Waals surface area contributed by atoms with E-state index >= 15 is 0 Å². The number of hydrogen-bond donors (Lipinski definition) is 1. The zero-order valence-corrected chi connectivity index (χ0v) is 10.9. The summed E-state index contributed by atoms with van der Waals surface area (Å²) in [7, 11) is 0. The van der Waals surface area contributed by atoms with Crippen LogP contribution in [-0.4, -0.2) is 17.4 Å². The van der Waals surface area contributed by atoms with Crippen LogP contribution in [0.4, 0.5) is 10.1 Å². The van der Waals surface area contributed by atoms with Gasteiger partial charge in [-0.3, -0.25) is 14.9 Å². The van der Waals surface area contributed by atoms with Gasteiger partial charge in [-0.25, -0.2) is 0 Å². The van der Waals surface area contributed by atoms with E-state index in [1.165, 1.54) is 18.9 Å². The predicted octanol–water partition coefficient (Wildman–Crippen LogP) is 2.65. The molecule has 0 aromatic heterocycles. The molecule has 1 aromatic carbocycles. The van der Waals surface area contributed by atoms with Crippen LogP contribution >= 0.6 is 0 Å². The van der Waals surface area contributed by atoms with Crippen molar-refractivity contribution in [3.05, 3.63) is 39.7 Å². The fraction of sp³-hybridized carbons (Fsp3) is 0.500. The molecule has 6 heteroatoms. The molecular weight excluding hydrogens is 263 g/mol. The van der Waals surface area contributed by atoms with E-state index < -0.39 is 16.4 Å². The summed E-state index contributed by atoms with van der Waals surface area (Å²) in [4.78, 5) is 21.7. The highest BCUT2D eigenvalue weighted by Gasteiger charge is 2.53. The number of hydrogen-bond acceptors (Lipinski definition) is 3. The van der Waals surface area contributed by atoms with E-state index in [-0.39, 0.29) is 16.9 Å². The lowest BCUT2D eigenvalue weighted by Gasteiger charge is -2.14. The maximum atomic E-state index is 13.5. The third-order valence-electron chi connectivity index (χ3n) is 4.34. The fourth-order valence-electron chi connectivity index (χ4n) is 2.74. The lowest BCUT2D eigenvalue weighted by atomic mass is 10.0. The minimum Gasteiger partial charge on any atom is -0.351 e. The van der Waals surface area contributed by atoms with Gasteiger partial charge >= 0.3 is 5.69 Å². The van der Waals surface area contributed by atoms with Crippen molar-refractivity contribution in [1.29, 1.82) is 0 Å². The summed E-state index contributed by atoms with van der Waals surface area (Å²) < 4.78 is 13.5. The lowest BCUT2D eigenvalue weighted by Crippen LogP contribution is -2.31. The van der Waals surface area contributed by atoms with Gasteiger partial charge in [0.25, 0.3) is 5.91 Å². The van der Waals surface area contributed by atoms with Gasteiger partial charge in [-0.15, -0.1) is 0 Å². The molecule has 5 nitrogen and oxygen atoms in total. The quantitative estimate of drug-likeness (QED) is 0.664. The highest BCUT2D eigenvalue weighted by molar-refractivity contribution is 5.94.